The van der Waals surface area contributed by atoms with Crippen molar-refractivity contribution in [3.63, 3.8) is 0 Å². The molecule has 0 aliphatic carbocycles. The topological polar surface area (TPSA) is 27.8 Å². The zero-order chi connectivity index (χ0) is 12.1. The molecule has 1 unspecified atom stereocenters. The normalized spacial score (nSPS) is 13.1. The van der Waals surface area contributed by atoms with E-state index in [1.165, 1.54) is 28.6 Å². The molecular formula is C14H20N2S. The minimum Gasteiger partial charge on any atom is -0.361 e. The number of thioether (sulfide) groups is 1. The van der Waals surface area contributed by atoms with Crippen molar-refractivity contribution in [3.05, 3.63) is 36.0 Å². The van der Waals surface area contributed by atoms with E-state index < -0.39 is 0 Å². The highest BCUT2D eigenvalue weighted by atomic mass is 32.2. The van der Waals surface area contributed by atoms with Crippen LogP contribution in [0.2, 0.25) is 0 Å². The van der Waals surface area contributed by atoms with Gasteiger partial charge >= 0.3 is 0 Å². The smallest absolute Gasteiger partial charge is 0.0457 e. The van der Waals surface area contributed by atoms with Gasteiger partial charge in [0.25, 0.3) is 0 Å². The summed E-state index contributed by atoms with van der Waals surface area (Å²) in [6.45, 7) is 3.20. The number of rotatable bonds is 6. The Morgan fingerprint density at radius 3 is 3.00 bits per heavy atom. The van der Waals surface area contributed by atoms with Gasteiger partial charge in [0.1, 0.15) is 0 Å². The van der Waals surface area contributed by atoms with Crippen molar-refractivity contribution in [1.29, 1.82) is 0 Å². The maximum absolute atomic E-state index is 3.58. The molecule has 1 aromatic heterocycles. The summed E-state index contributed by atoms with van der Waals surface area (Å²) in [4.78, 5) is 3.31. The van der Waals surface area contributed by atoms with Gasteiger partial charge in [0.2, 0.25) is 0 Å². The van der Waals surface area contributed by atoms with Crippen LogP contribution in [0.3, 0.4) is 0 Å². The number of hydrogen-bond donors (Lipinski definition) is 2. The minimum atomic E-state index is 0.580. The van der Waals surface area contributed by atoms with E-state index in [1.807, 2.05) is 11.8 Å². The summed E-state index contributed by atoms with van der Waals surface area (Å²) in [6.07, 6.45) is 5.49. The summed E-state index contributed by atoms with van der Waals surface area (Å²) in [5.41, 5.74) is 2.58. The van der Waals surface area contributed by atoms with Crippen LogP contribution in [0.1, 0.15) is 18.9 Å². The number of aromatic amines is 1. The molecule has 2 N–H and O–H groups in total. The Labute approximate surface area is 107 Å². The maximum atomic E-state index is 3.58. The van der Waals surface area contributed by atoms with Crippen LogP contribution in [0.15, 0.2) is 30.5 Å². The molecule has 2 nitrogen and oxygen atoms in total. The molecule has 0 spiro atoms. The molecule has 0 saturated carbocycles. The lowest BCUT2D eigenvalue weighted by molar-refractivity contribution is 0.539. The van der Waals surface area contributed by atoms with Crippen molar-refractivity contribution in [2.75, 3.05) is 12.0 Å². The molecule has 0 amide bonds. The van der Waals surface area contributed by atoms with Crippen LogP contribution < -0.4 is 5.32 Å². The molecule has 1 heterocycles. The number of nitrogens with one attached hydrogen (secondary N) is 2. The third-order valence-corrected chi connectivity index (χ3v) is 3.71. The summed E-state index contributed by atoms with van der Waals surface area (Å²) in [5.74, 6) is 1.22. The molecule has 0 radical (unpaired) electrons. The fourth-order valence-corrected chi connectivity index (χ4v) is 2.55. The maximum Gasteiger partial charge on any atom is 0.0457 e. The van der Waals surface area contributed by atoms with Gasteiger partial charge in [-0.15, -0.1) is 0 Å². The fourth-order valence-electron chi connectivity index (χ4n) is 1.96. The Balaban J connectivity index is 1.95. The second kappa shape index (κ2) is 6.12. The first kappa shape index (κ1) is 12.5. The largest absolute Gasteiger partial charge is 0.361 e. The molecular weight excluding hydrogens is 228 g/mol. The highest BCUT2D eigenvalue weighted by molar-refractivity contribution is 7.98. The third kappa shape index (κ3) is 3.27. The molecule has 0 aliphatic heterocycles. The molecule has 1 atom stereocenters. The first-order chi connectivity index (χ1) is 8.31. The number of H-pyrrole nitrogens is 1. The van der Waals surface area contributed by atoms with Crippen molar-refractivity contribution < 1.29 is 0 Å². The van der Waals surface area contributed by atoms with E-state index in [-0.39, 0.29) is 0 Å². The van der Waals surface area contributed by atoms with Crippen LogP contribution in [-0.2, 0) is 6.54 Å². The van der Waals surface area contributed by atoms with Crippen molar-refractivity contribution >= 4 is 22.7 Å². The van der Waals surface area contributed by atoms with Gasteiger partial charge in [0.05, 0.1) is 0 Å². The Hall–Kier alpha value is -0.930. The number of para-hydroxylation sites is 1. The molecule has 0 fully saturated rings. The van der Waals surface area contributed by atoms with Gasteiger partial charge in [0, 0.05) is 29.7 Å². The van der Waals surface area contributed by atoms with E-state index in [4.69, 9.17) is 0 Å². The number of benzene rings is 1. The van der Waals surface area contributed by atoms with Crippen LogP contribution in [0, 0.1) is 0 Å². The molecule has 2 aromatic rings. The van der Waals surface area contributed by atoms with Crippen molar-refractivity contribution in [2.45, 2.75) is 25.9 Å². The molecule has 0 bridgehead atoms. The first-order valence-corrected chi connectivity index (χ1v) is 7.48. The average Bonchev–Trinajstić information content (AvgIpc) is 2.77. The number of fused-ring (bicyclic) bond motifs is 1. The highest BCUT2D eigenvalue weighted by Crippen LogP contribution is 2.17. The van der Waals surface area contributed by atoms with E-state index in [0.717, 1.165) is 6.54 Å². The van der Waals surface area contributed by atoms with Crippen molar-refractivity contribution in [1.82, 2.24) is 10.3 Å². The molecule has 1 aromatic carbocycles. The molecule has 0 saturated heterocycles. The Kier molecular flexibility index (Phi) is 4.51. The van der Waals surface area contributed by atoms with Gasteiger partial charge < -0.3 is 10.3 Å². The summed E-state index contributed by atoms with van der Waals surface area (Å²) in [5, 5.41) is 4.91. The van der Waals surface area contributed by atoms with E-state index >= 15 is 0 Å². The molecule has 0 aliphatic rings. The number of aromatic nitrogens is 1. The van der Waals surface area contributed by atoms with Gasteiger partial charge in [-0.3, -0.25) is 0 Å². The molecule has 2 rings (SSSR count). The Bertz CT molecular complexity index is 464. The van der Waals surface area contributed by atoms with Gasteiger partial charge in [0.15, 0.2) is 0 Å². The summed E-state index contributed by atoms with van der Waals surface area (Å²) < 4.78 is 0. The van der Waals surface area contributed by atoms with Crippen LogP contribution >= 0.6 is 11.8 Å². The van der Waals surface area contributed by atoms with Crippen LogP contribution in [0.5, 0.6) is 0 Å². The minimum absolute atomic E-state index is 0.580. The lowest BCUT2D eigenvalue weighted by atomic mass is 10.1. The monoisotopic (exact) mass is 248 g/mol. The van der Waals surface area contributed by atoms with Crippen molar-refractivity contribution in [2.24, 2.45) is 0 Å². The zero-order valence-electron chi connectivity index (χ0n) is 10.5. The molecule has 3 heteroatoms. The number of hydrogen-bond acceptors (Lipinski definition) is 2. The van der Waals surface area contributed by atoms with Gasteiger partial charge in [-0.05, 0) is 37.0 Å². The van der Waals surface area contributed by atoms with Gasteiger partial charge in [-0.2, -0.15) is 11.8 Å². The first-order valence-electron chi connectivity index (χ1n) is 6.08. The summed E-state index contributed by atoms with van der Waals surface area (Å²) >= 11 is 1.91. The second-order valence-electron chi connectivity index (χ2n) is 4.42. The van der Waals surface area contributed by atoms with E-state index in [9.17, 15) is 0 Å². The molecule has 92 valence electrons. The van der Waals surface area contributed by atoms with Crippen LogP contribution in [0.4, 0.5) is 0 Å². The lowest BCUT2D eigenvalue weighted by Gasteiger charge is -2.12. The standard InChI is InChI=1S/C14H20N2S/c1-11(7-8-17-2)15-9-12-10-16-14-6-4-3-5-13(12)14/h3-6,10-11,15-16H,7-9H2,1-2H3. The lowest BCUT2D eigenvalue weighted by Crippen LogP contribution is -2.25. The SMILES string of the molecule is CSCCC(C)NCc1c[nH]c2ccccc12. The quantitative estimate of drug-likeness (QED) is 0.820. The average molecular weight is 248 g/mol. The van der Waals surface area contributed by atoms with Gasteiger partial charge in [-0.25, -0.2) is 0 Å². The Morgan fingerprint density at radius 1 is 1.35 bits per heavy atom. The van der Waals surface area contributed by atoms with E-state index in [1.54, 1.807) is 0 Å². The fraction of sp³-hybridized carbons (Fsp3) is 0.429. The predicted molar refractivity (Wildman–Crippen MR) is 77.6 cm³/mol. The summed E-state index contributed by atoms with van der Waals surface area (Å²) in [6, 6.07) is 9.04. The summed E-state index contributed by atoms with van der Waals surface area (Å²) in [7, 11) is 0. The van der Waals surface area contributed by atoms with E-state index in [2.05, 4.69) is 53.9 Å². The van der Waals surface area contributed by atoms with E-state index in [0.29, 0.717) is 6.04 Å². The predicted octanol–water partition coefficient (Wildman–Crippen LogP) is 3.40. The Morgan fingerprint density at radius 2 is 2.18 bits per heavy atom. The third-order valence-electron chi connectivity index (χ3n) is 3.07. The van der Waals surface area contributed by atoms with Crippen LogP contribution in [0.25, 0.3) is 10.9 Å². The van der Waals surface area contributed by atoms with Crippen LogP contribution in [-0.4, -0.2) is 23.0 Å². The second-order valence-corrected chi connectivity index (χ2v) is 5.41. The van der Waals surface area contributed by atoms with Crippen molar-refractivity contribution in [3.8, 4) is 0 Å². The van der Waals surface area contributed by atoms with Gasteiger partial charge in [-0.1, -0.05) is 18.2 Å². The highest BCUT2D eigenvalue weighted by Gasteiger charge is 2.05. The molecule has 17 heavy (non-hydrogen) atoms. The zero-order valence-corrected chi connectivity index (χ0v) is 11.3.